The van der Waals surface area contributed by atoms with Crippen LogP contribution in [-0.2, 0) is 66.3 Å². The lowest BCUT2D eigenvalue weighted by Gasteiger charge is -2.50. The van der Waals surface area contributed by atoms with Gasteiger partial charge in [0.05, 0.1) is 52.4 Å². The van der Waals surface area contributed by atoms with Gasteiger partial charge in [-0.15, -0.1) is 0 Å². The van der Waals surface area contributed by atoms with Gasteiger partial charge in [-0.25, -0.2) is 0 Å². The number of aliphatic hydroxyl groups excluding tert-OH is 21. The molecule has 21 N–H and O–H groups in total. The molecule has 24 heterocycles. The number of aliphatic hydroxyl groups is 21. The highest BCUT2D eigenvalue weighted by molar-refractivity contribution is 5.01. The normalized spacial score (nSPS) is 53.8. The Labute approximate surface area is 459 Å². The molecule has 0 aromatic heterocycles. The van der Waals surface area contributed by atoms with E-state index in [1.165, 1.54) is 0 Å². The molecule has 0 radical (unpaired) electrons. The van der Waals surface area contributed by atoms with Crippen LogP contribution < -0.4 is 0 Å². The van der Waals surface area contributed by atoms with E-state index in [-0.39, 0.29) is 25.9 Å². The topological polar surface area (TPSA) is 554 Å². The van der Waals surface area contributed by atoms with Crippen molar-refractivity contribution in [1.82, 2.24) is 0 Å². The highest BCUT2D eigenvalue weighted by Gasteiger charge is 2.58. The summed E-state index contributed by atoms with van der Waals surface area (Å²) in [5.74, 6) is 0. The van der Waals surface area contributed by atoms with E-state index in [4.69, 9.17) is 66.3 Å². The van der Waals surface area contributed by atoms with Crippen LogP contribution in [0.4, 0.5) is 0 Å². The lowest BCUT2D eigenvalue weighted by molar-refractivity contribution is -0.397. The maximum atomic E-state index is 11.4. The van der Waals surface area contributed by atoms with Crippen LogP contribution >= 0.6 is 0 Å². The molecule has 24 rings (SSSR count). The smallest absolute Gasteiger partial charge is 0.187 e. The van der Waals surface area contributed by atoms with E-state index in [1.807, 2.05) is 0 Å². The van der Waals surface area contributed by atoms with Gasteiger partial charge in [0.1, 0.15) is 171 Å². The van der Waals surface area contributed by atoms with Crippen LogP contribution in [-0.4, -0.2) is 375 Å². The molecule has 24 fully saturated rings. The van der Waals surface area contributed by atoms with Crippen LogP contribution in [0.25, 0.3) is 0 Å². The number of hydrogen-bond acceptors (Lipinski definition) is 35. The molecule has 35 heteroatoms. The maximum Gasteiger partial charge on any atom is 0.187 e. The van der Waals surface area contributed by atoms with E-state index in [0.717, 1.165) is 0 Å². The van der Waals surface area contributed by atoms with E-state index < -0.39 is 261 Å². The summed E-state index contributed by atoms with van der Waals surface area (Å²) in [4.78, 5) is 0. The Bertz CT molecular complexity index is 1890. The van der Waals surface area contributed by atoms with Gasteiger partial charge in [0.25, 0.3) is 0 Å². The van der Waals surface area contributed by atoms with Gasteiger partial charge in [-0.05, 0) is 19.3 Å². The largest absolute Gasteiger partial charge is 0.394 e. The summed E-state index contributed by atoms with van der Waals surface area (Å²) >= 11 is 0. The van der Waals surface area contributed by atoms with Crippen molar-refractivity contribution in [3.63, 3.8) is 0 Å². The number of fused-ring (bicyclic) bond motifs is 1. The molecule has 35 nitrogen and oxygen atoms in total. The quantitative estimate of drug-likeness (QED) is 0.113. The Morgan fingerprint density at radius 1 is 0.222 bits per heavy atom. The summed E-state index contributed by atoms with van der Waals surface area (Å²) in [5.41, 5.74) is 0. The van der Waals surface area contributed by atoms with Crippen LogP contribution in [0.5, 0.6) is 0 Å². The van der Waals surface area contributed by atoms with Gasteiger partial charge in [-0.1, -0.05) is 0 Å². The Morgan fingerprint density at radius 2 is 0.432 bits per heavy atom. The number of hydrogen-bond donors (Lipinski definition) is 21. The summed E-state index contributed by atoms with van der Waals surface area (Å²) in [7, 11) is 0. The van der Waals surface area contributed by atoms with Gasteiger partial charge in [0, 0.05) is 6.61 Å². The summed E-state index contributed by atoms with van der Waals surface area (Å²) in [6, 6.07) is 0. The second-order valence-electron chi connectivity index (χ2n) is 21.1. The van der Waals surface area contributed by atoms with E-state index >= 15 is 0 Å². The summed E-state index contributed by atoms with van der Waals surface area (Å²) in [6.45, 7) is -6.92. The van der Waals surface area contributed by atoms with Crippen molar-refractivity contribution < 1.29 is 174 Å². The molecule has 0 amide bonds. The predicted molar refractivity (Wildman–Crippen MR) is 247 cm³/mol. The lowest BCUT2D eigenvalue weighted by Crippen LogP contribution is -2.68. The van der Waals surface area contributed by atoms with Crippen molar-refractivity contribution >= 4 is 0 Å². The average Bonchev–Trinajstić information content (AvgIpc) is 3.58. The molecule has 0 aliphatic carbocycles. The summed E-state index contributed by atoms with van der Waals surface area (Å²) in [6.07, 6.45) is -65.2. The van der Waals surface area contributed by atoms with Gasteiger partial charge < -0.3 is 174 Å². The first-order valence-corrected chi connectivity index (χ1v) is 26.6. The van der Waals surface area contributed by atoms with Gasteiger partial charge in [0.2, 0.25) is 0 Å². The lowest BCUT2D eigenvalue weighted by atomic mass is 9.92. The molecule has 0 saturated carbocycles. The molecule has 35 atom stereocenters. The highest BCUT2D eigenvalue weighted by Crippen LogP contribution is 2.38. The summed E-state index contributed by atoms with van der Waals surface area (Å²) in [5, 5.41) is 230. The third-order valence-electron chi connectivity index (χ3n) is 15.8. The Morgan fingerprint density at radius 3 is 0.679 bits per heavy atom. The molecule has 7 unspecified atom stereocenters. The fourth-order valence-electron chi connectivity index (χ4n) is 11.2. The van der Waals surface area contributed by atoms with Crippen LogP contribution in [0.1, 0.15) is 19.3 Å². The van der Waals surface area contributed by atoms with Crippen LogP contribution in [0.2, 0.25) is 0 Å². The van der Waals surface area contributed by atoms with Crippen LogP contribution in [0.15, 0.2) is 0 Å². The molecule has 0 aromatic rings. The summed E-state index contributed by atoms with van der Waals surface area (Å²) < 4.78 is 80.2. The Balaban J connectivity index is 1.02. The van der Waals surface area contributed by atoms with E-state index in [9.17, 15) is 107 Å². The zero-order valence-electron chi connectivity index (χ0n) is 43.1. The second kappa shape index (κ2) is 28.6. The van der Waals surface area contributed by atoms with Crippen molar-refractivity contribution in [2.24, 2.45) is 0 Å². The first kappa shape index (κ1) is 65.6. The van der Waals surface area contributed by atoms with Gasteiger partial charge in [-0.2, -0.15) is 0 Å². The monoisotopic (exact) mass is 1190 g/mol. The molecule has 14 bridgehead atoms. The second-order valence-corrected chi connectivity index (χ2v) is 21.1. The Hall–Kier alpha value is -1.40. The van der Waals surface area contributed by atoms with Gasteiger partial charge >= 0.3 is 0 Å². The maximum absolute atomic E-state index is 11.4. The standard InChI is InChI=1S/C46H78O35/c47-5-13-34-22(56)28(62)41(70-13)77-36-15(7-49)72-43(30(64)24(36)58)79-38-17(9-51)74-45(32(66)26(38)60)81-40-19(11-53)75-46(33(67)27(40)61)80-39-18(10-52)73-44(31(65)25(39)59)78-37-16(8-50)71-42(29(63)23(37)57)76-35-14(6-48)69-12(20(54)21(35)55)3-1-2-4-68-34/h12-67H,1-11H2/t12?,13-,14-,15-,16-,17-,18-,19-,20+,21-,22-,23-,24-,25-,26-,27-,28-,29-,30-,31-,32-,33-,34-,35-,36-,37-,38-,39-,40-,41?,42?,43?,44?,45?,46?/m1/s1. The van der Waals surface area contributed by atoms with Crippen molar-refractivity contribution in [1.29, 1.82) is 0 Å². The number of ether oxygens (including phenoxy) is 14. The SMILES string of the molecule is OC[C@H]1OC2CCCCO[C@H]3[C@H](O)[C@@H](O)C(O[C@H]4[C@H](O)[C@@H](O)C(O[C@H]5[C@H](O)[C@@H](O)C(O[C@H]6[C@H](O)[C@@H](O)C(O[C@H]7[C@H](O)[C@@H](O)C(O[C@H]8[C@H](O)[C@@H](O)C(O[C@H]1[C@H](O)[C@H]2O)O[C@@H]8CO)O[C@@H]7CO)O[C@@H]6CO)O[C@@H]5CO)O[C@@H]4CO)O[C@@H]3CO. The molecule has 0 spiro atoms. The predicted octanol–water partition coefficient (Wildman–Crippen LogP) is -14.0. The average molecular weight is 1190 g/mol. The molecule has 0 aromatic carbocycles. The van der Waals surface area contributed by atoms with Crippen LogP contribution in [0.3, 0.4) is 0 Å². The first-order chi connectivity index (χ1) is 38.7. The molecule has 24 saturated heterocycles. The fourth-order valence-corrected chi connectivity index (χ4v) is 11.2. The third-order valence-corrected chi connectivity index (χ3v) is 15.8. The van der Waals surface area contributed by atoms with Crippen molar-refractivity contribution in [2.75, 3.05) is 52.9 Å². The van der Waals surface area contributed by atoms with Gasteiger partial charge in [-0.3, -0.25) is 0 Å². The fraction of sp³-hybridized carbons (Fsp3) is 1.00. The Kier molecular flexibility index (Phi) is 23.2. The zero-order chi connectivity index (χ0) is 58.9. The van der Waals surface area contributed by atoms with E-state index in [0.29, 0.717) is 0 Å². The minimum absolute atomic E-state index is 0.00513. The van der Waals surface area contributed by atoms with E-state index in [1.54, 1.807) is 0 Å². The first-order valence-electron chi connectivity index (χ1n) is 26.6. The minimum atomic E-state index is -2.21. The van der Waals surface area contributed by atoms with Crippen molar-refractivity contribution in [3.05, 3.63) is 0 Å². The number of rotatable bonds is 7. The van der Waals surface area contributed by atoms with Crippen LogP contribution in [0, 0.1) is 0 Å². The molecular formula is C46H78O35. The molecular weight excluding hydrogens is 1110 g/mol. The molecule has 24 aliphatic rings. The highest BCUT2D eigenvalue weighted by atomic mass is 16.8. The molecule has 24 aliphatic heterocycles. The molecule has 81 heavy (non-hydrogen) atoms. The van der Waals surface area contributed by atoms with Crippen molar-refractivity contribution in [3.8, 4) is 0 Å². The zero-order valence-corrected chi connectivity index (χ0v) is 43.1. The van der Waals surface area contributed by atoms with E-state index in [2.05, 4.69) is 0 Å². The van der Waals surface area contributed by atoms with Crippen molar-refractivity contribution in [2.45, 2.75) is 234 Å². The molecule has 472 valence electrons. The third kappa shape index (κ3) is 13.5. The van der Waals surface area contributed by atoms with Gasteiger partial charge in [0.15, 0.2) is 37.7 Å². The minimum Gasteiger partial charge on any atom is -0.394 e.